The maximum Gasteiger partial charge on any atom is 0.0677 e. The molecule has 3 rings (SSSR count). The van der Waals surface area contributed by atoms with Crippen molar-refractivity contribution >= 4 is 11.6 Å². The number of piperidine rings is 1. The number of rotatable bonds is 8. The summed E-state index contributed by atoms with van der Waals surface area (Å²) >= 11 is 6.30. The van der Waals surface area contributed by atoms with Gasteiger partial charge in [-0.25, -0.2) is 0 Å². The summed E-state index contributed by atoms with van der Waals surface area (Å²) in [6, 6.07) is 7.95. The zero-order valence-electron chi connectivity index (χ0n) is 16.4. The largest absolute Gasteiger partial charge is 0.395 e. The maximum atomic E-state index is 9.04. The van der Waals surface area contributed by atoms with Crippen molar-refractivity contribution in [2.75, 3.05) is 32.8 Å². The van der Waals surface area contributed by atoms with Gasteiger partial charge in [0.2, 0.25) is 0 Å². The van der Waals surface area contributed by atoms with E-state index in [0.717, 1.165) is 54.9 Å². The van der Waals surface area contributed by atoms with Crippen LogP contribution in [0.15, 0.2) is 24.3 Å². The van der Waals surface area contributed by atoms with Gasteiger partial charge in [-0.15, -0.1) is 0 Å². The first-order valence-electron chi connectivity index (χ1n) is 9.88. The van der Waals surface area contributed by atoms with Crippen molar-refractivity contribution in [3.63, 3.8) is 0 Å². The number of hydrogen-bond donors (Lipinski definition) is 2. The Balaban J connectivity index is 1.52. The molecule has 2 N–H and O–H groups in total. The summed E-state index contributed by atoms with van der Waals surface area (Å²) in [5.41, 5.74) is 4.68. The van der Waals surface area contributed by atoms with Crippen LogP contribution in [0.2, 0.25) is 5.02 Å². The van der Waals surface area contributed by atoms with Crippen LogP contribution in [-0.2, 0) is 13.1 Å². The average Bonchev–Trinajstić information content (AvgIpc) is 2.92. The van der Waals surface area contributed by atoms with Crippen LogP contribution < -0.4 is 5.32 Å². The summed E-state index contributed by atoms with van der Waals surface area (Å²) < 4.78 is 2.06. The molecule has 0 amide bonds. The fourth-order valence-electron chi connectivity index (χ4n) is 3.89. The molecule has 1 aromatic heterocycles. The van der Waals surface area contributed by atoms with Crippen LogP contribution in [0.1, 0.15) is 35.4 Å². The number of β-amino-alcohol motifs (C(OH)–C–C–N with tert-alkyl or cyclic N) is 1. The zero-order valence-corrected chi connectivity index (χ0v) is 17.2. The first-order valence-corrected chi connectivity index (χ1v) is 10.3. The smallest absolute Gasteiger partial charge is 0.0677 e. The summed E-state index contributed by atoms with van der Waals surface area (Å²) in [7, 11) is 0. The number of nitrogens with one attached hydrogen (secondary N) is 1. The molecule has 0 bridgehead atoms. The first-order chi connectivity index (χ1) is 13.1. The predicted molar refractivity (Wildman–Crippen MR) is 110 cm³/mol. The van der Waals surface area contributed by atoms with Gasteiger partial charge in [0.15, 0.2) is 0 Å². The van der Waals surface area contributed by atoms with E-state index in [2.05, 4.69) is 34.8 Å². The van der Waals surface area contributed by atoms with Gasteiger partial charge in [-0.05, 0) is 63.9 Å². The van der Waals surface area contributed by atoms with Gasteiger partial charge in [0.1, 0.15) is 0 Å². The van der Waals surface area contributed by atoms with Gasteiger partial charge in [0, 0.05) is 29.4 Å². The summed E-state index contributed by atoms with van der Waals surface area (Å²) in [4.78, 5) is 2.35. The van der Waals surface area contributed by atoms with E-state index in [4.69, 9.17) is 21.8 Å². The van der Waals surface area contributed by atoms with Crippen LogP contribution in [0.4, 0.5) is 0 Å². The molecular weight excluding hydrogens is 360 g/mol. The van der Waals surface area contributed by atoms with Gasteiger partial charge < -0.3 is 15.3 Å². The molecule has 148 valence electrons. The number of benzene rings is 1. The normalized spacial score (nSPS) is 16.1. The lowest BCUT2D eigenvalue weighted by molar-refractivity contribution is 0.146. The molecule has 2 aromatic rings. The average molecular weight is 391 g/mol. The molecule has 0 aliphatic carbocycles. The second kappa shape index (κ2) is 9.69. The quantitative estimate of drug-likeness (QED) is 0.727. The molecule has 5 nitrogen and oxygen atoms in total. The Morgan fingerprint density at radius 3 is 2.67 bits per heavy atom. The SMILES string of the molecule is Cc1nn(Cc2ccccc2Cl)c(C)c1CNCC1CCN(CCO)CC1. The van der Waals surface area contributed by atoms with E-state index in [1.807, 2.05) is 18.2 Å². The van der Waals surface area contributed by atoms with Crippen molar-refractivity contribution in [3.8, 4) is 0 Å². The van der Waals surface area contributed by atoms with Gasteiger partial charge >= 0.3 is 0 Å². The molecule has 1 saturated heterocycles. The Bertz CT molecular complexity index is 738. The van der Waals surface area contributed by atoms with E-state index in [1.165, 1.54) is 24.1 Å². The monoisotopic (exact) mass is 390 g/mol. The molecule has 6 heteroatoms. The van der Waals surface area contributed by atoms with Gasteiger partial charge in [-0.1, -0.05) is 29.8 Å². The van der Waals surface area contributed by atoms with Crippen molar-refractivity contribution in [1.29, 1.82) is 0 Å². The number of aliphatic hydroxyl groups is 1. The van der Waals surface area contributed by atoms with Crippen molar-refractivity contribution in [2.24, 2.45) is 5.92 Å². The summed E-state index contributed by atoms with van der Waals surface area (Å²) in [6.07, 6.45) is 2.41. The number of aryl methyl sites for hydroxylation is 1. The Labute approximate surface area is 167 Å². The van der Waals surface area contributed by atoms with E-state index in [9.17, 15) is 0 Å². The standard InChI is InChI=1S/C21H31ClN4O/c1-16-20(14-23-13-18-7-9-25(10-8-18)11-12-27)17(2)26(24-16)15-19-5-3-4-6-21(19)22/h3-6,18,23,27H,7-15H2,1-2H3. The Morgan fingerprint density at radius 2 is 1.96 bits per heavy atom. The van der Waals surface area contributed by atoms with Crippen molar-refractivity contribution in [1.82, 2.24) is 20.0 Å². The van der Waals surface area contributed by atoms with Gasteiger partial charge in [-0.2, -0.15) is 5.10 Å². The third-order valence-corrected chi connectivity index (χ3v) is 6.04. The van der Waals surface area contributed by atoms with E-state index < -0.39 is 0 Å². The van der Waals surface area contributed by atoms with Crippen LogP contribution in [0.5, 0.6) is 0 Å². The molecule has 1 fully saturated rings. The number of hydrogen-bond acceptors (Lipinski definition) is 4. The van der Waals surface area contributed by atoms with E-state index in [-0.39, 0.29) is 6.61 Å². The molecule has 0 unspecified atom stereocenters. The number of aromatic nitrogens is 2. The lowest BCUT2D eigenvalue weighted by Gasteiger charge is -2.31. The molecule has 0 spiro atoms. The summed E-state index contributed by atoms with van der Waals surface area (Å²) in [6.45, 7) is 10.1. The fraction of sp³-hybridized carbons (Fsp3) is 0.571. The number of aliphatic hydroxyl groups excluding tert-OH is 1. The van der Waals surface area contributed by atoms with Crippen LogP contribution >= 0.6 is 11.6 Å². The topological polar surface area (TPSA) is 53.3 Å². The van der Waals surface area contributed by atoms with Crippen LogP contribution in [0.25, 0.3) is 0 Å². The molecule has 1 aromatic carbocycles. The number of halogens is 1. The molecule has 27 heavy (non-hydrogen) atoms. The highest BCUT2D eigenvalue weighted by Gasteiger charge is 2.19. The Morgan fingerprint density at radius 1 is 1.22 bits per heavy atom. The van der Waals surface area contributed by atoms with Crippen LogP contribution in [0, 0.1) is 19.8 Å². The van der Waals surface area contributed by atoms with E-state index >= 15 is 0 Å². The van der Waals surface area contributed by atoms with Crippen molar-refractivity contribution in [3.05, 3.63) is 51.8 Å². The Kier molecular flexibility index (Phi) is 7.30. The minimum absolute atomic E-state index is 0.264. The summed E-state index contributed by atoms with van der Waals surface area (Å²) in [5.74, 6) is 0.721. The minimum Gasteiger partial charge on any atom is -0.395 e. The van der Waals surface area contributed by atoms with E-state index in [0.29, 0.717) is 6.54 Å². The maximum absolute atomic E-state index is 9.04. The van der Waals surface area contributed by atoms with E-state index in [1.54, 1.807) is 0 Å². The van der Waals surface area contributed by atoms with Crippen molar-refractivity contribution < 1.29 is 5.11 Å². The number of nitrogens with zero attached hydrogens (tertiary/aromatic N) is 3. The predicted octanol–water partition coefficient (Wildman–Crippen LogP) is 3.00. The van der Waals surface area contributed by atoms with Crippen LogP contribution in [-0.4, -0.2) is 52.6 Å². The lowest BCUT2D eigenvalue weighted by Crippen LogP contribution is -2.38. The van der Waals surface area contributed by atoms with Gasteiger partial charge in [-0.3, -0.25) is 4.68 Å². The molecule has 0 saturated carbocycles. The third kappa shape index (κ3) is 5.32. The number of likely N-dealkylation sites (tertiary alicyclic amines) is 1. The highest BCUT2D eigenvalue weighted by atomic mass is 35.5. The Hall–Kier alpha value is -1.40. The molecule has 0 atom stereocenters. The molecule has 2 heterocycles. The van der Waals surface area contributed by atoms with Crippen molar-refractivity contribution in [2.45, 2.75) is 39.8 Å². The first kappa shape index (κ1) is 20.3. The molecule has 1 aliphatic rings. The van der Waals surface area contributed by atoms with Crippen LogP contribution in [0.3, 0.4) is 0 Å². The fourth-order valence-corrected chi connectivity index (χ4v) is 4.08. The molecular formula is C21H31ClN4O. The minimum atomic E-state index is 0.264. The second-order valence-electron chi connectivity index (χ2n) is 7.54. The van der Waals surface area contributed by atoms with Gasteiger partial charge in [0.05, 0.1) is 18.8 Å². The summed E-state index contributed by atoms with van der Waals surface area (Å²) in [5, 5.41) is 18.2. The third-order valence-electron chi connectivity index (χ3n) is 5.67. The molecule has 0 radical (unpaired) electrons. The lowest BCUT2D eigenvalue weighted by atomic mass is 9.96. The highest BCUT2D eigenvalue weighted by Crippen LogP contribution is 2.20. The second-order valence-corrected chi connectivity index (χ2v) is 7.95. The highest BCUT2D eigenvalue weighted by molar-refractivity contribution is 6.31. The van der Waals surface area contributed by atoms with Gasteiger partial charge in [0.25, 0.3) is 0 Å². The molecule has 1 aliphatic heterocycles. The zero-order chi connectivity index (χ0) is 19.2.